The zero-order valence-corrected chi connectivity index (χ0v) is 13.5. The molecular formula is C17H15ClO3S. The van der Waals surface area contributed by atoms with Crippen LogP contribution in [0.4, 0.5) is 0 Å². The molecule has 0 heterocycles. The summed E-state index contributed by atoms with van der Waals surface area (Å²) in [5.41, 5.74) is 1.99. The number of benzene rings is 2. The zero-order valence-electron chi connectivity index (χ0n) is 11.9. The van der Waals surface area contributed by atoms with Crippen molar-refractivity contribution in [2.24, 2.45) is 5.92 Å². The molecule has 0 N–H and O–H groups in total. The SMILES string of the molecule is Cc1ccc([C@H]2[C@@H](C=O)[C@@H]2S(=O)(=O)c2ccc(Cl)cc2)cc1. The van der Waals surface area contributed by atoms with E-state index in [0.717, 1.165) is 17.4 Å². The molecule has 0 aliphatic heterocycles. The molecule has 0 spiro atoms. The van der Waals surface area contributed by atoms with Gasteiger partial charge in [-0.15, -0.1) is 0 Å². The molecule has 2 aromatic rings. The Labute approximate surface area is 134 Å². The molecule has 3 rings (SSSR count). The standard InChI is InChI=1S/C17H15ClO3S/c1-11-2-4-12(5-3-11)16-15(10-19)17(16)22(20,21)14-8-6-13(18)7-9-14/h2-10,15-17H,1H3/t15-,16+,17+/m1/s1. The third kappa shape index (κ3) is 2.57. The van der Waals surface area contributed by atoms with Crippen molar-refractivity contribution in [1.82, 2.24) is 0 Å². The molecule has 1 saturated carbocycles. The van der Waals surface area contributed by atoms with Crippen molar-refractivity contribution in [3.05, 3.63) is 64.7 Å². The predicted molar refractivity (Wildman–Crippen MR) is 85.9 cm³/mol. The number of hydrogen-bond donors (Lipinski definition) is 0. The number of rotatable bonds is 4. The molecule has 22 heavy (non-hydrogen) atoms. The van der Waals surface area contributed by atoms with E-state index in [-0.39, 0.29) is 10.8 Å². The highest BCUT2D eigenvalue weighted by molar-refractivity contribution is 7.92. The van der Waals surface area contributed by atoms with Crippen LogP contribution in [-0.2, 0) is 14.6 Å². The van der Waals surface area contributed by atoms with Crippen LogP contribution in [0.25, 0.3) is 0 Å². The Kier molecular flexibility index (Phi) is 3.83. The van der Waals surface area contributed by atoms with Gasteiger partial charge >= 0.3 is 0 Å². The third-order valence-electron chi connectivity index (χ3n) is 4.13. The lowest BCUT2D eigenvalue weighted by Gasteiger charge is -2.04. The van der Waals surface area contributed by atoms with Gasteiger partial charge < -0.3 is 4.79 Å². The maximum absolute atomic E-state index is 12.7. The molecule has 3 atom stereocenters. The second-order valence-corrected chi connectivity index (χ2v) is 8.16. The molecule has 3 nitrogen and oxygen atoms in total. The fourth-order valence-electron chi connectivity index (χ4n) is 2.85. The van der Waals surface area contributed by atoms with E-state index in [4.69, 9.17) is 11.6 Å². The smallest absolute Gasteiger partial charge is 0.182 e. The van der Waals surface area contributed by atoms with Crippen molar-refractivity contribution in [2.75, 3.05) is 0 Å². The molecule has 0 saturated heterocycles. The third-order valence-corrected chi connectivity index (χ3v) is 6.63. The van der Waals surface area contributed by atoms with Gasteiger partial charge in [0.15, 0.2) is 9.84 Å². The van der Waals surface area contributed by atoms with E-state index in [2.05, 4.69) is 0 Å². The largest absolute Gasteiger partial charge is 0.303 e. The summed E-state index contributed by atoms with van der Waals surface area (Å²) in [4.78, 5) is 11.5. The number of hydrogen-bond acceptors (Lipinski definition) is 3. The van der Waals surface area contributed by atoms with Crippen molar-refractivity contribution in [3.8, 4) is 0 Å². The molecule has 0 unspecified atom stereocenters. The minimum Gasteiger partial charge on any atom is -0.303 e. The van der Waals surface area contributed by atoms with Gasteiger partial charge in [0.2, 0.25) is 0 Å². The minimum atomic E-state index is -3.54. The van der Waals surface area contributed by atoms with Crippen molar-refractivity contribution >= 4 is 27.7 Å². The summed E-state index contributed by atoms with van der Waals surface area (Å²) in [5.74, 6) is -0.748. The molecule has 0 amide bonds. The van der Waals surface area contributed by atoms with E-state index in [1.54, 1.807) is 12.1 Å². The number of carbonyl (C=O) groups is 1. The lowest BCUT2D eigenvalue weighted by molar-refractivity contribution is -0.108. The summed E-state index contributed by atoms with van der Waals surface area (Å²) in [6.45, 7) is 1.97. The molecule has 5 heteroatoms. The highest BCUT2D eigenvalue weighted by atomic mass is 35.5. The van der Waals surface area contributed by atoms with Gasteiger partial charge in [0.1, 0.15) is 6.29 Å². The summed E-state index contributed by atoms with van der Waals surface area (Å²) >= 11 is 5.80. The monoisotopic (exact) mass is 334 g/mol. The van der Waals surface area contributed by atoms with Gasteiger partial charge in [-0.25, -0.2) is 8.42 Å². The van der Waals surface area contributed by atoms with E-state index in [9.17, 15) is 13.2 Å². The van der Waals surface area contributed by atoms with Crippen molar-refractivity contribution in [1.29, 1.82) is 0 Å². The molecule has 1 fully saturated rings. The fraction of sp³-hybridized carbons (Fsp3) is 0.235. The lowest BCUT2D eigenvalue weighted by atomic mass is 10.1. The molecule has 0 radical (unpaired) electrons. The molecule has 0 bridgehead atoms. The Hall–Kier alpha value is -1.65. The average molecular weight is 335 g/mol. The fourth-order valence-corrected chi connectivity index (χ4v) is 5.09. The van der Waals surface area contributed by atoms with Crippen LogP contribution in [0.2, 0.25) is 5.02 Å². The first-order valence-corrected chi connectivity index (χ1v) is 8.89. The Morgan fingerprint density at radius 2 is 1.59 bits per heavy atom. The van der Waals surface area contributed by atoms with Crippen molar-refractivity contribution in [3.63, 3.8) is 0 Å². The summed E-state index contributed by atoms with van der Waals surface area (Å²) in [6, 6.07) is 13.7. The number of sulfone groups is 1. The van der Waals surface area contributed by atoms with Crippen molar-refractivity contribution in [2.45, 2.75) is 23.0 Å². The first kappa shape index (κ1) is 15.3. The van der Waals surface area contributed by atoms with Gasteiger partial charge in [-0.05, 0) is 36.8 Å². The number of aldehydes is 1. The van der Waals surface area contributed by atoms with Crippen molar-refractivity contribution < 1.29 is 13.2 Å². The second kappa shape index (κ2) is 5.52. The summed E-state index contributed by atoms with van der Waals surface area (Å²) in [6.07, 6.45) is 0.753. The Morgan fingerprint density at radius 1 is 1.00 bits per heavy atom. The van der Waals surface area contributed by atoms with Crippen LogP contribution >= 0.6 is 11.6 Å². The second-order valence-electron chi connectivity index (χ2n) is 5.61. The van der Waals surface area contributed by atoms with Crippen LogP contribution in [0.15, 0.2) is 53.4 Å². The van der Waals surface area contributed by atoms with Gasteiger partial charge in [-0.1, -0.05) is 41.4 Å². The van der Waals surface area contributed by atoms with E-state index < -0.39 is 21.0 Å². The molecular weight excluding hydrogens is 320 g/mol. The van der Waals surface area contributed by atoms with E-state index in [0.29, 0.717) is 5.02 Å². The van der Waals surface area contributed by atoms with Crippen LogP contribution in [0.5, 0.6) is 0 Å². The number of halogens is 1. The summed E-state index contributed by atoms with van der Waals surface area (Å²) < 4.78 is 25.4. The first-order chi connectivity index (χ1) is 10.4. The van der Waals surface area contributed by atoms with Gasteiger partial charge in [-0.3, -0.25) is 0 Å². The van der Waals surface area contributed by atoms with Gasteiger partial charge in [-0.2, -0.15) is 0 Å². The Morgan fingerprint density at radius 3 is 2.14 bits per heavy atom. The molecule has 1 aliphatic rings. The first-order valence-electron chi connectivity index (χ1n) is 6.96. The topological polar surface area (TPSA) is 51.2 Å². The Balaban J connectivity index is 1.95. The normalized spacial score (nSPS) is 24.0. The average Bonchev–Trinajstić information content (AvgIpc) is 3.24. The zero-order chi connectivity index (χ0) is 15.9. The van der Waals surface area contributed by atoms with Crippen LogP contribution in [-0.4, -0.2) is 20.0 Å². The van der Waals surface area contributed by atoms with Gasteiger partial charge in [0.05, 0.1) is 10.1 Å². The summed E-state index contributed by atoms with van der Waals surface area (Å²) in [7, 11) is -3.54. The van der Waals surface area contributed by atoms with E-state index >= 15 is 0 Å². The van der Waals surface area contributed by atoms with E-state index in [1.165, 1.54) is 12.1 Å². The number of carbonyl (C=O) groups excluding carboxylic acids is 1. The van der Waals surface area contributed by atoms with Crippen LogP contribution in [0.3, 0.4) is 0 Å². The highest BCUT2D eigenvalue weighted by Crippen LogP contribution is 2.52. The van der Waals surface area contributed by atoms with E-state index in [1.807, 2.05) is 31.2 Å². The van der Waals surface area contributed by atoms with Gasteiger partial charge in [0.25, 0.3) is 0 Å². The molecule has 2 aromatic carbocycles. The minimum absolute atomic E-state index is 0.211. The highest BCUT2D eigenvalue weighted by Gasteiger charge is 2.58. The van der Waals surface area contributed by atoms with Crippen LogP contribution < -0.4 is 0 Å². The Bertz CT molecular complexity index is 795. The number of aryl methyl sites for hydroxylation is 1. The molecule has 0 aromatic heterocycles. The van der Waals surface area contributed by atoms with Crippen LogP contribution in [0, 0.1) is 12.8 Å². The quantitative estimate of drug-likeness (QED) is 0.805. The maximum Gasteiger partial charge on any atom is 0.182 e. The predicted octanol–water partition coefficient (Wildman–Crippen LogP) is 3.40. The summed E-state index contributed by atoms with van der Waals surface area (Å²) in [5, 5.41) is -0.203. The van der Waals surface area contributed by atoms with Gasteiger partial charge in [0, 0.05) is 16.9 Å². The van der Waals surface area contributed by atoms with Crippen LogP contribution in [0.1, 0.15) is 17.0 Å². The molecule has 114 valence electrons. The lowest BCUT2D eigenvalue weighted by Crippen LogP contribution is -2.11. The molecule has 1 aliphatic carbocycles. The maximum atomic E-state index is 12.7.